The second-order valence-corrected chi connectivity index (χ2v) is 7.64. The summed E-state index contributed by atoms with van der Waals surface area (Å²) < 4.78 is 1.65. The normalized spacial score (nSPS) is 11.1. The lowest BCUT2D eigenvalue weighted by molar-refractivity contribution is -0.113. The van der Waals surface area contributed by atoms with Gasteiger partial charge in [0, 0.05) is 22.9 Å². The highest BCUT2D eigenvalue weighted by atomic mass is 35.5. The number of unbranched alkanes of at least 4 members (excludes halogenated alkanes) is 1. The van der Waals surface area contributed by atoms with Crippen LogP contribution in [0.2, 0.25) is 5.02 Å². The molecule has 0 aliphatic rings. The third-order valence-corrected chi connectivity index (χ3v) is 5.23. The highest BCUT2D eigenvalue weighted by Crippen LogP contribution is 2.20. The summed E-state index contributed by atoms with van der Waals surface area (Å²) in [4.78, 5) is 32.8. The van der Waals surface area contributed by atoms with Crippen molar-refractivity contribution in [1.29, 1.82) is 0 Å². The Morgan fingerprint density at radius 1 is 1.37 bits per heavy atom. The summed E-state index contributed by atoms with van der Waals surface area (Å²) in [6, 6.07) is 8.83. The van der Waals surface area contributed by atoms with Gasteiger partial charge in [0.1, 0.15) is 5.52 Å². The number of anilines is 1. The average molecular weight is 405 g/mol. The van der Waals surface area contributed by atoms with E-state index in [2.05, 4.69) is 22.2 Å². The van der Waals surface area contributed by atoms with Gasteiger partial charge in [-0.05, 0) is 37.6 Å². The first kappa shape index (κ1) is 19.5. The number of aromatic nitrogens is 3. The number of carbonyl (C=O) groups excluding carboxylic acids is 1. The molecule has 0 unspecified atom stereocenters. The first-order valence-electron chi connectivity index (χ1n) is 8.76. The quantitative estimate of drug-likeness (QED) is 0.456. The number of nitrogens with one attached hydrogen (secondary N) is 2. The Bertz CT molecular complexity index is 1030. The van der Waals surface area contributed by atoms with E-state index in [9.17, 15) is 9.59 Å². The van der Waals surface area contributed by atoms with Crippen LogP contribution in [0.5, 0.6) is 0 Å². The number of fused-ring (bicyclic) bond motifs is 1. The first-order chi connectivity index (χ1) is 13.0. The molecule has 6 nitrogen and oxygen atoms in total. The molecule has 1 aromatic carbocycles. The molecule has 3 rings (SSSR count). The van der Waals surface area contributed by atoms with E-state index in [1.165, 1.54) is 11.8 Å². The van der Waals surface area contributed by atoms with Crippen LogP contribution in [0, 0.1) is 6.92 Å². The molecular formula is C19H21ClN4O2S. The van der Waals surface area contributed by atoms with Gasteiger partial charge in [-0.15, -0.1) is 0 Å². The van der Waals surface area contributed by atoms with Crippen molar-refractivity contribution in [2.75, 3.05) is 11.1 Å². The SMILES string of the molecule is CCCCn1c(SCC(=O)Nc2cccc(Cl)c2)nc2cc(C)[nH]c2c1=O. The molecule has 27 heavy (non-hydrogen) atoms. The largest absolute Gasteiger partial charge is 0.353 e. The van der Waals surface area contributed by atoms with Crippen molar-refractivity contribution in [3.8, 4) is 0 Å². The number of thioether (sulfide) groups is 1. The van der Waals surface area contributed by atoms with Gasteiger partial charge in [0.15, 0.2) is 5.16 Å². The predicted octanol–water partition coefficient (Wildman–Crippen LogP) is 4.22. The number of carbonyl (C=O) groups is 1. The van der Waals surface area contributed by atoms with E-state index in [-0.39, 0.29) is 17.2 Å². The summed E-state index contributed by atoms with van der Waals surface area (Å²) in [5.41, 5.74) is 2.57. The first-order valence-corrected chi connectivity index (χ1v) is 10.1. The van der Waals surface area contributed by atoms with Gasteiger partial charge in [0.25, 0.3) is 5.56 Å². The molecule has 0 atom stereocenters. The lowest BCUT2D eigenvalue weighted by Crippen LogP contribution is -2.24. The Kier molecular flexibility index (Phi) is 6.23. The van der Waals surface area contributed by atoms with Gasteiger partial charge in [-0.2, -0.15) is 0 Å². The number of H-pyrrole nitrogens is 1. The van der Waals surface area contributed by atoms with Crippen LogP contribution < -0.4 is 10.9 Å². The van der Waals surface area contributed by atoms with E-state index in [1.807, 2.05) is 13.0 Å². The highest BCUT2D eigenvalue weighted by molar-refractivity contribution is 7.99. The van der Waals surface area contributed by atoms with E-state index in [1.54, 1.807) is 28.8 Å². The summed E-state index contributed by atoms with van der Waals surface area (Å²) in [6.45, 7) is 4.54. The summed E-state index contributed by atoms with van der Waals surface area (Å²) in [5, 5.41) is 3.92. The Morgan fingerprint density at radius 3 is 2.93 bits per heavy atom. The standard InChI is InChI=1S/C19H21ClN4O2S/c1-3-4-8-24-18(26)17-15(9-12(2)21-17)23-19(24)27-11-16(25)22-14-7-5-6-13(20)10-14/h5-7,9-10,21H,3-4,8,11H2,1-2H3,(H,22,25). The minimum atomic E-state index is -0.177. The highest BCUT2D eigenvalue weighted by Gasteiger charge is 2.14. The molecule has 0 spiro atoms. The van der Waals surface area contributed by atoms with Crippen molar-refractivity contribution in [2.24, 2.45) is 0 Å². The number of benzene rings is 1. The van der Waals surface area contributed by atoms with Gasteiger partial charge < -0.3 is 10.3 Å². The fourth-order valence-electron chi connectivity index (χ4n) is 2.73. The van der Waals surface area contributed by atoms with Crippen LogP contribution in [0.4, 0.5) is 5.69 Å². The third kappa shape index (κ3) is 4.73. The van der Waals surface area contributed by atoms with Crippen molar-refractivity contribution >= 4 is 46.0 Å². The maximum atomic E-state index is 12.8. The average Bonchev–Trinajstić information content (AvgIpc) is 3.00. The molecule has 0 saturated carbocycles. The van der Waals surface area contributed by atoms with Crippen LogP contribution in [-0.2, 0) is 11.3 Å². The summed E-state index contributed by atoms with van der Waals surface area (Å²) in [7, 11) is 0. The van der Waals surface area contributed by atoms with Gasteiger partial charge in [-0.3, -0.25) is 14.2 Å². The second kappa shape index (κ2) is 8.63. The lowest BCUT2D eigenvalue weighted by Gasteiger charge is -2.11. The minimum Gasteiger partial charge on any atom is -0.353 e. The van der Waals surface area contributed by atoms with Crippen LogP contribution in [0.25, 0.3) is 11.0 Å². The van der Waals surface area contributed by atoms with Gasteiger partial charge in [0.2, 0.25) is 5.91 Å². The number of aromatic amines is 1. The van der Waals surface area contributed by atoms with Crippen LogP contribution in [-0.4, -0.2) is 26.2 Å². The third-order valence-electron chi connectivity index (χ3n) is 4.01. The molecule has 0 bridgehead atoms. The zero-order valence-corrected chi connectivity index (χ0v) is 16.8. The smallest absolute Gasteiger partial charge is 0.278 e. The molecule has 142 valence electrons. The van der Waals surface area contributed by atoms with Crippen molar-refractivity contribution in [3.63, 3.8) is 0 Å². The molecule has 1 amide bonds. The molecule has 0 radical (unpaired) electrons. The number of amides is 1. The Labute approximate surface area is 166 Å². The Hall–Kier alpha value is -2.25. The number of nitrogens with zero attached hydrogens (tertiary/aromatic N) is 2. The van der Waals surface area contributed by atoms with E-state index in [0.29, 0.717) is 33.4 Å². The number of halogens is 1. The van der Waals surface area contributed by atoms with Gasteiger partial charge in [-0.1, -0.05) is 42.8 Å². The van der Waals surface area contributed by atoms with Crippen LogP contribution in [0.1, 0.15) is 25.5 Å². The van der Waals surface area contributed by atoms with E-state index in [4.69, 9.17) is 11.6 Å². The van der Waals surface area contributed by atoms with Gasteiger partial charge in [0.05, 0.1) is 11.3 Å². The predicted molar refractivity (Wildman–Crippen MR) is 111 cm³/mol. The molecule has 2 N–H and O–H groups in total. The monoisotopic (exact) mass is 404 g/mol. The topological polar surface area (TPSA) is 79.8 Å². The Morgan fingerprint density at radius 2 is 2.19 bits per heavy atom. The number of hydrogen-bond acceptors (Lipinski definition) is 4. The maximum Gasteiger partial charge on any atom is 0.278 e. The fourth-order valence-corrected chi connectivity index (χ4v) is 3.74. The van der Waals surface area contributed by atoms with Crippen LogP contribution >= 0.6 is 23.4 Å². The molecule has 2 aromatic heterocycles. The summed E-state index contributed by atoms with van der Waals surface area (Å²) in [5.74, 6) is -0.0242. The number of hydrogen-bond donors (Lipinski definition) is 2. The molecular weight excluding hydrogens is 384 g/mol. The van der Waals surface area contributed by atoms with Crippen LogP contribution in [0.3, 0.4) is 0 Å². The van der Waals surface area contributed by atoms with Crippen molar-refractivity contribution in [3.05, 3.63) is 51.4 Å². The van der Waals surface area contributed by atoms with Gasteiger partial charge >= 0.3 is 0 Å². The molecule has 0 aliphatic carbocycles. The van der Waals surface area contributed by atoms with Gasteiger partial charge in [-0.25, -0.2) is 4.98 Å². The molecule has 0 saturated heterocycles. The lowest BCUT2D eigenvalue weighted by atomic mass is 10.3. The zero-order valence-electron chi connectivity index (χ0n) is 15.2. The van der Waals surface area contributed by atoms with E-state index >= 15 is 0 Å². The fraction of sp³-hybridized carbons (Fsp3) is 0.316. The summed E-state index contributed by atoms with van der Waals surface area (Å²) >= 11 is 7.20. The second-order valence-electron chi connectivity index (χ2n) is 6.26. The molecule has 2 heterocycles. The van der Waals surface area contributed by atoms with Crippen molar-refractivity contribution < 1.29 is 4.79 Å². The van der Waals surface area contributed by atoms with E-state index < -0.39 is 0 Å². The maximum absolute atomic E-state index is 12.8. The minimum absolute atomic E-state index is 0.0979. The van der Waals surface area contributed by atoms with Crippen molar-refractivity contribution in [1.82, 2.24) is 14.5 Å². The van der Waals surface area contributed by atoms with Crippen LogP contribution in [0.15, 0.2) is 40.3 Å². The molecule has 0 fully saturated rings. The summed E-state index contributed by atoms with van der Waals surface area (Å²) in [6.07, 6.45) is 1.84. The van der Waals surface area contributed by atoms with E-state index in [0.717, 1.165) is 18.5 Å². The Balaban J connectivity index is 1.80. The molecule has 3 aromatic rings. The molecule has 8 heteroatoms. The number of aryl methyl sites for hydroxylation is 1. The number of rotatable bonds is 7. The molecule has 0 aliphatic heterocycles. The zero-order chi connectivity index (χ0) is 19.4. The van der Waals surface area contributed by atoms with Crippen molar-refractivity contribution in [2.45, 2.75) is 38.4 Å².